The van der Waals surface area contributed by atoms with Gasteiger partial charge in [0.1, 0.15) is 11.3 Å². The first-order valence-electron chi connectivity index (χ1n) is 10.8. The van der Waals surface area contributed by atoms with Crippen molar-refractivity contribution in [2.45, 2.75) is 0 Å². The maximum atomic E-state index is 13.5. The molecule has 3 aromatic carbocycles. The molecule has 0 unspecified atom stereocenters. The van der Waals surface area contributed by atoms with E-state index in [0.717, 1.165) is 10.1 Å². The third kappa shape index (κ3) is 4.81. The predicted molar refractivity (Wildman–Crippen MR) is 143 cm³/mol. The number of carboxylic acids is 1. The molecule has 0 amide bonds. The van der Waals surface area contributed by atoms with E-state index < -0.39 is 18.1 Å². The molecule has 0 aliphatic heterocycles. The minimum Gasteiger partial charge on any atom is -0.496 e. The van der Waals surface area contributed by atoms with Crippen molar-refractivity contribution in [1.29, 1.82) is 0 Å². The smallest absolute Gasteiger partial charge is 0.341 e. The average molecular weight is 583 g/mol. The predicted octanol–water partition coefficient (Wildman–Crippen LogP) is 5.58. The van der Waals surface area contributed by atoms with Crippen molar-refractivity contribution in [2.75, 3.05) is 13.7 Å². The maximum absolute atomic E-state index is 13.5. The van der Waals surface area contributed by atoms with Crippen molar-refractivity contribution in [3.05, 3.63) is 86.1 Å². The van der Waals surface area contributed by atoms with Crippen LogP contribution in [0, 0.1) is 0 Å². The molecule has 5 rings (SSSR count). The fraction of sp³-hybridized carbons (Fsp3) is 0.0769. The van der Waals surface area contributed by atoms with Crippen molar-refractivity contribution in [2.24, 2.45) is 5.10 Å². The van der Waals surface area contributed by atoms with Gasteiger partial charge < -0.3 is 19.0 Å². The lowest BCUT2D eigenvalue weighted by atomic mass is 10.2. The highest BCUT2D eigenvalue weighted by Gasteiger charge is 2.18. The van der Waals surface area contributed by atoms with Gasteiger partial charge in [0, 0.05) is 0 Å². The lowest BCUT2D eigenvalue weighted by molar-refractivity contribution is -0.139. The summed E-state index contributed by atoms with van der Waals surface area (Å²) in [5.74, 6) is 0.200. The van der Waals surface area contributed by atoms with Crippen LogP contribution >= 0.6 is 27.5 Å². The van der Waals surface area contributed by atoms with Gasteiger partial charge in [-0.15, -0.1) is 0 Å². The molecule has 0 fully saturated rings. The Labute approximate surface area is 222 Å². The van der Waals surface area contributed by atoms with E-state index in [4.69, 9.17) is 30.6 Å². The lowest BCUT2D eigenvalue weighted by Crippen LogP contribution is -2.20. The highest BCUT2D eigenvalue weighted by molar-refractivity contribution is 9.10. The van der Waals surface area contributed by atoms with Crippen LogP contribution in [-0.2, 0) is 4.79 Å². The lowest BCUT2D eigenvalue weighted by Gasteiger charge is -2.09. The molecule has 0 spiro atoms. The first kappa shape index (κ1) is 24.5. The fourth-order valence-corrected chi connectivity index (χ4v) is 4.75. The zero-order chi connectivity index (χ0) is 26.1. The van der Waals surface area contributed by atoms with E-state index >= 15 is 0 Å². The summed E-state index contributed by atoms with van der Waals surface area (Å²) in [4.78, 5) is 28.9. The van der Waals surface area contributed by atoms with Crippen molar-refractivity contribution < 1.29 is 23.8 Å². The number of furan rings is 1. The van der Waals surface area contributed by atoms with E-state index in [1.54, 1.807) is 55.6 Å². The van der Waals surface area contributed by atoms with Crippen LogP contribution in [0.3, 0.4) is 0 Å². The highest BCUT2D eigenvalue weighted by Crippen LogP contribution is 2.35. The number of ether oxygens (including phenoxy) is 2. The number of para-hydroxylation sites is 1. The topological polar surface area (TPSA) is 116 Å². The van der Waals surface area contributed by atoms with Gasteiger partial charge in [-0.2, -0.15) is 9.78 Å². The molecule has 37 heavy (non-hydrogen) atoms. The van der Waals surface area contributed by atoms with E-state index in [2.05, 4.69) is 26.0 Å². The number of carboxylic acid groups (broad SMARTS) is 1. The summed E-state index contributed by atoms with van der Waals surface area (Å²) < 4.78 is 18.3. The third-order valence-corrected chi connectivity index (χ3v) is 6.27. The molecule has 5 aromatic rings. The van der Waals surface area contributed by atoms with Gasteiger partial charge in [0.25, 0.3) is 5.56 Å². The Morgan fingerprint density at radius 2 is 2.00 bits per heavy atom. The largest absolute Gasteiger partial charge is 0.496 e. The molecule has 186 valence electrons. The molecular weight excluding hydrogens is 566 g/mol. The van der Waals surface area contributed by atoms with Gasteiger partial charge in [-0.3, -0.25) is 4.79 Å². The molecule has 1 N–H and O–H groups in total. The number of hydrogen-bond donors (Lipinski definition) is 1. The second kappa shape index (κ2) is 10.1. The van der Waals surface area contributed by atoms with Gasteiger partial charge >= 0.3 is 5.97 Å². The Balaban J connectivity index is 1.64. The zero-order valence-corrected chi connectivity index (χ0v) is 21.5. The number of rotatable bonds is 7. The van der Waals surface area contributed by atoms with Crippen LogP contribution in [-0.4, -0.2) is 40.7 Å². The van der Waals surface area contributed by atoms with Crippen LogP contribution in [0.1, 0.15) is 5.56 Å². The normalized spacial score (nSPS) is 11.4. The Morgan fingerprint density at radius 1 is 1.19 bits per heavy atom. The molecule has 0 bridgehead atoms. The van der Waals surface area contributed by atoms with Gasteiger partial charge in [-0.05, 0) is 64.0 Å². The first-order valence-corrected chi connectivity index (χ1v) is 12.0. The Morgan fingerprint density at radius 3 is 2.76 bits per heavy atom. The standard InChI is InChI=1S/C26H17BrClN3O6/c1-35-20-7-4-8-21-16(20)11-22(37-21)25-30-19-6-3-2-5-15(19)26(34)31(25)29-12-14-9-17(27)24(18(28)10-14)36-13-23(32)33/h2-12H,13H2,1H3,(H,32,33). The summed E-state index contributed by atoms with van der Waals surface area (Å²) in [7, 11) is 1.57. The molecule has 0 aliphatic carbocycles. The number of methoxy groups -OCH3 is 1. The number of fused-ring (bicyclic) bond motifs is 2. The van der Waals surface area contributed by atoms with Crippen LogP contribution in [0.5, 0.6) is 11.5 Å². The van der Waals surface area contributed by atoms with Gasteiger partial charge in [0.15, 0.2) is 18.1 Å². The van der Waals surface area contributed by atoms with E-state index in [1.165, 1.54) is 12.3 Å². The van der Waals surface area contributed by atoms with E-state index in [1.807, 2.05) is 6.07 Å². The highest BCUT2D eigenvalue weighted by atomic mass is 79.9. The van der Waals surface area contributed by atoms with Gasteiger partial charge in [-0.1, -0.05) is 29.8 Å². The number of aliphatic carboxylic acids is 1. The fourth-order valence-electron chi connectivity index (χ4n) is 3.76. The third-order valence-electron chi connectivity index (χ3n) is 5.40. The van der Waals surface area contributed by atoms with Crippen molar-refractivity contribution in [1.82, 2.24) is 9.66 Å². The Kier molecular flexibility index (Phi) is 6.68. The molecule has 0 atom stereocenters. The number of nitrogens with zero attached hydrogens (tertiary/aromatic N) is 3. The summed E-state index contributed by atoms with van der Waals surface area (Å²) in [6.45, 7) is -0.546. The van der Waals surface area contributed by atoms with Crippen molar-refractivity contribution >= 4 is 61.6 Å². The SMILES string of the molecule is COc1cccc2oc(-c3nc4ccccc4c(=O)n3N=Cc3cc(Cl)c(OCC(=O)O)c(Br)c3)cc12. The number of halogens is 2. The quantitative estimate of drug-likeness (QED) is 0.249. The number of hydrogen-bond acceptors (Lipinski definition) is 7. The minimum absolute atomic E-state index is 0.172. The molecule has 0 radical (unpaired) electrons. The number of carbonyl (C=O) groups is 1. The average Bonchev–Trinajstić information content (AvgIpc) is 3.32. The number of benzene rings is 3. The molecule has 2 aromatic heterocycles. The summed E-state index contributed by atoms with van der Waals surface area (Å²) in [6.07, 6.45) is 1.43. The van der Waals surface area contributed by atoms with Crippen LogP contribution in [0.25, 0.3) is 33.5 Å². The van der Waals surface area contributed by atoms with Gasteiger partial charge in [0.2, 0.25) is 5.82 Å². The first-order chi connectivity index (χ1) is 17.9. The molecule has 9 nitrogen and oxygen atoms in total. The summed E-state index contributed by atoms with van der Waals surface area (Å²) in [5, 5.41) is 14.6. The molecule has 2 heterocycles. The molecule has 11 heteroatoms. The summed E-state index contributed by atoms with van der Waals surface area (Å²) in [6, 6.07) is 17.3. The molecule has 0 saturated heterocycles. The van der Waals surface area contributed by atoms with Crippen LogP contribution in [0.4, 0.5) is 0 Å². The van der Waals surface area contributed by atoms with E-state index in [9.17, 15) is 9.59 Å². The van der Waals surface area contributed by atoms with Crippen molar-refractivity contribution in [3.63, 3.8) is 0 Å². The minimum atomic E-state index is -1.13. The monoisotopic (exact) mass is 581 g/mol. The molecular formula is C26H17BrClN3O6. The van der Waals surface area contributed by atoms with E-state index in [0.29, 0.717) is 38.0 Å². The van der Waals surface area contributed by atoms with Gasteiger partial charge in [0.05, 0.1) is 39.1 Å². The van der Waals surface area contributed by atoms with Crippen LogP contribution in [0.2, 0.25) is 5.02 Å². The van der Waals surface area contributed by atoms with Crippen molar-refractivity contribution in [3.8, 4) is 23.1 Å². The second-order valence-electron chi connectivity index (χ2n) is 7.79. The number of aromatic nitrogens is 2. The van der Waals surface area contributed by atoms with Gasteiger partial charge in [-0.25, -0.2) is 9.78 Å². The summed E-state index contributed by atoms with van der Waals surface area (Å²) >= 11 is 9.63. The molecule has 0 aliphatic rings. The zero-order valence-electron chi connectivity index (χ0n) is 19.1. The maximum Gasteiger partial charge on any atom is 0.341 e. The summed E-state index contributed by atoms with van der Waals surface area (Å²) in [5.41, 5.74) is 1.19. The second-order valence-corrected chi connectivity index (χ2v) is 9.05. The van der Waals surface area contributed by atoms with E-state index in [-0.39, 0.29) is 16.6 Å². The van der Waals surface area contributed by atoms with Crippen LogP contribution < -0.4 is 15.0 Å². The Bertz CT molecular complexity index is 1740. The molecule has 0 saturated carbocycles. The van der Waals surface area contributed by atoms with Crippen LogP contribution in [0.15, 0.2) is 79.4 Å². The Hall–Kier alpha value is -4.15.